The predicted octanol–water partition coefficient (Wildman–Crippen LogP) is 2.25. The lowest BCUT2D eigenvalue weighted by atomic mass is 9.83. The molecule has 1 aromatic carbocycles. The smallest absolute Gasteiger partial charge is 0.325 e. The van der Waals surface area contributed by atoms with E-state index in [0.29, 0.717) is 12.2 Å². The largest absolute Gasteiger partial charge is 0.497 e. The van der Waals surface area contributed by atoms with E-state index in [9.17, 15) is 18.3 Å². The maximum absolute atomic E-state index is 12.5. The Kier molecular flexibility index (Phi) is 5.96. The van der Waals surface area contributed by atoms with Gasteiger partial charge >= 0.3 is 5.97 Å². The van der Waals surface area contributed by atoms with Crippen LogP contribution in [0, 0.1) is 5.92 Å². The number of benzene rings is 1. The number of hydrogen-bond donors (Lipinski definition) is 2. The topological polar surface area (TPSA) is 92.7 Å². The van der Waals surface area contributed by atoms with Gasteiger partial charge in [-0.05, 0) is 36.6 Å². The maximum atomic E-state index is 12.5. The van der Waals surface area contributed by atoms with Crippen molar-refractivity contribution in [1.29, 1.82) is 0 Å². The average Bonchev–Trinajstić information content (AvgIpc) is 2.46. The number of methoxy groups -OCH3 is 1. The normalized spacial score (nSPS) is 14.6. The fraction of sp³-hybridized carbons (Fsp3) is 0.533. The van der Waals surface area contributed by atoms with Crippen LogP contribution >= 0.6 is 0 Å². The molecule has 0 aliphatic rings. The fourth-order valence-electron chi connectivity index (χ4n) is 2.30. The van der Waals surface area contributed by atoms with Crippen molar-refractivity contribution in [2.75, 3.05) is 7.11 Å². The van der Waals surface area contributed by atoms with Crippen LogP contribution in [0.2, 0.25) is 0 Å². The summed E-state index contributed by atoms with van der Waals surface area (Å²) in [7, 11) is -2.46. The molecule has 0 aromatic heterocycles. The third-order valence-electron chi connectivity index (χ3n) is 3.70. The number of carbonyl (C=O) groups is 1. The number of sulfonamides is 1. The van der Waals surface area contributed by atoms with Crippen molar-refractivity contribution in [3.8, 4) is 5.75 Å². The zero-order valence-corrected chi connectivity index (χ0v) is 14.1. The summed E-state index contributed by atoms with van der Waals surface area (Å²) in [6.45, 7) is 5.21. The van der Waals surface area contributed by atoms with Crippen LogP contribution in [0.4, 0.5) is 0 Å². The van der Waals surface area contributed by atoms with E-state index in [2.05, 4.69) is 4.72 Å². The number of carboxylic acid groups (broad SMARTS) is 1. The number of aliphatic carboxylic acids is 1. The van der Waals surface area contributed by atoms with Crippen LogP contribution in [-0.4, -0.2) is 32.1 Å². The second-order valence-corrected chi connectivity index (χ2v) is 7.14. The maximum Gasteiger partial charge on any atom is 0.325 e. The molecule has 2 N–H and O–H groups in total. The molecule has 22 heavy (non-hydrogen) atoms. The van der Waals surface area contributed by atoms with Crippen LogP contribution < -0.4 is 9.46 Å². The Labute approximate surface area is 131 Å². The first kappa shape index (κ1) is 18.4. The highest BCUT2D eigenvalue weighted by Crippen LogP contribution is 2.27. The summed E-state index contributed by atoms with van der Waals surface area (Å²) >= 11 is 0. The van der Waals surface area contributed by atoms with Gasteiger partial charge in [-0.3, -0.25) is 4.79 Å². The number of ether oxygens (including phenoxy) is 1. The molecule has 0 aliphatic carbocycles. The van der Waals surface area contributed by atoms with E-state index in [4.69, 9.17) is 4.74 Å². The molecule has 0 aliphatic heterocycles. The van der Waals surface area contributed by atoms with Gasteiger partial charge in [0.05, 0.1) is 12.0 Å². The van der Waals surface area contributed by atoms with Gasteiger partial charge in [0.25, 0.3) is 0 Å². The fourth-order valence-corrected chi connectivity index (χ4v) is 3.82. The lowest BCUT2D eigenvalue weighted by Crippen LogP contribution is -2.57. The van der Waals surface area contributed by atoms with Crippen LogP contribution in [0.25, 0.3) is 0 Å². The quantitative estimate of drug-likeness (QED) is 0.763. The summed E-state index contributed by atoms with van der Waals surface area (Å²) in [4.78, 5) is 11.7. The second-order valence-electron chi connectivity index (χ2n) is 5.46. The zero-order valence-electron chi connectivity index (χ0n) is 13.3. The molecule has 0 saturated carbocycles. The molecule has 0 radical (unpaired) electrons. The Bertz CT molecular complexity index is 609. The first-order valence-electron chi connectivity index (χ1n) is 7.11. The molecule has 6 nitrogen and oxygen atoms in total. The number of carboxylic acids is 1. The summed E-state index contributed by atoms with van der Waals surface area (Å²) in [5.41, 5.74) is -1.52. The highest BCUT2D eigenvalue weighted by molar-refractivity contribution is 7.89. The van der Waals surface area contributed by atoms with Crippen molar-refractivity contribution in [3.63, 3.8) is 0 Å². The van der Waals surface area contributed by atoms with Crippen molar-refractivity contribution in [2.45, 2.75) is 44.0 Å². The lowest BCUT2D eigenvalue weighted by molar-refractivity contribution is -0.146. The Morgan fingerprint density at radius 1 is 1.32 bits per heavy atom. The van der Waals surface area contributed by atoms with Gasteiger partial charge in [-0.1, -0.05) is 27.2 Å². The molecular formula is C15H23NO5S. The van der Waals surface area contributed by atoms with Crippen molar-refractivity contribution in [2.24, 2.45) is 5.92 Å². The van der Waals surface area contributed by atoms with E-state index in [1.54, 1.807) is 13.8 Å². The van der Waals surface area contributed by atoms with Gasteiger partial charge in [0.1, 0.15) is 11.3 Å². The summed E-state index contributed by atoms with van der Waals surface area (Å²) in [5, 5.41) is 9.57. The molecule has 0 heterocycles. The number of hydrogen-bond acceptors (Lipinski definition) is 4. The van der Waals surface area contributed by atoms with Crippen LogP contribution in [0.3, 0.4) is 0 Å². The molecule has 1 rings (SSSR count). The highest BCUT2D eigenvalue weighted by atomic mass is 32.2. The minimum absolute atomic E-state index is 0.00989. The minimum Gasteiger partial charge on any atom is -0.497 e. The number of rotatable bonds is 8. The van der Waals surface area contributed by atoms with Gasteiger partial charge in [-0.2, -0.15) is 4.72 Å². The van der Waals surface area contributed by atoms with Crippen LogP contribution in [0.15, 0.2) is 29.2 Å². The lowest BCUT2D eigenvalue weighted by Gasteiger charge is -2.33. The molecule has 0 spiro atoms. The molecule has 0 fully saturated rings. The van der Waals surface area contributed by atoms with Gasteiger partial charge in [-0.25, -0.2) is 8.42 Å². The predicted molar refractivity (Wildman–Crippen MR) is 83.4 cm³/mol. The molecule has 0 amide bonds. The third-order valence-corrected chi connectivity index (χ3v) is 5.22. The summed E-state index contributed by atoms with van der Waals surface area (Å²) < 4.78 is 32.4. The third kappa shape index (κ3) is 3.78. The van der Waals surface area contributed by atoms with E-state index >= 15 is 0 Å². The van der Waals surface area contributed by atoms with Gasteiger partial charge in [0, 0.05) is 0 Å². The Balaban J connectivity index is 3.22. The first-order chi connectivity index (χ1) is 10.2. The van der Waals surface area contributed by atoms with E-state index in [-0.39, 0.29) is 11.3 Å². The highest BCUT2D eigenvalue weighted by Gasteiger charge is 2.44. The van der Waals surface area contributed by atoms with Crippen molar-refractivity contribution in [1.82, 2.24) is 4.72 Å². The molecule has 1 aromatic rings. The summed E-state index contributed by atoms with van der Waals surface area (Å²) in [6, 6.07) is 5.82. The summed E-state index contributed by atoms with van der Waals surface area (Å²) in [6.07, 6.45) is 0.769. The molecular weight excluding hydrogens is 306 g/mol. The SMILES string of the molecule is CCCC(NS(=O)(=O)c1ccc(OC)cc1)(C(=O)O)C(C)C. The van der Waals surface area contributed by atoms with Crippen molar-refractivity contribution < 1.29 is 23.1 Å². The van der Waals surface area contributed by atoms with Crippen LogP contribution in [0.1, 0.15) is 33.6 Å². The van der Waals surface area contributed by atoms with E-state index < -0.39 is 27.4 Å². The molecule has 1 atom stereocenters. The minimum atomic E-state index is -3.94. The van der Waals surface area contributed by atoms with Crippen molar-refractivity contribution >= 4 is 16.0 Å². The second kappa shape index (κ2) is 7.11. The van der Waals surface area contributed by atoms with E-state index in [1.165, 1.54) is 31.4 Å². The van der Waals surface area contributed by atoms with Crippen LogP contribution in [0.5, 0.6) is 5.75 Å². The van der Waals surface area contributed by atoms with Gasteiger partial charge < -0.3 is 9.84 Å². The summed E-state index contributed by atoms with van der Waals surface area (Å²) in [5.74, 6) is -1.03. The van der Waals surface area contributed by atoms with Gasteiger partial charge in [-0.15, -0.1) is 0 Å². The average molecular weight is 329 g/mol. The molecule has 124 valence electrons. The van der Waals surface area contributed by atoms with Crippen molar-refractivity contribution in [3.05, 3.63) is 24.3 Å². The van der Waals surface area contributed by atoms with E-state index in [1.807, 2.05) is 6.92 Å². The zero-order chi connectivity index (χ0) is 17.0. The monoisotopic (exact) mass is 329 g/mol. The Morgan fingerprint density at radius 3 is 2.23 bits per heavy atom. The molecule has 0 bridgehead atoms. The standard InChI is InChI=1S/C15H23NO5S/c1-5-10-15(11(2)3,14(17)18)16-22(19,20)13-8-6-12(21-4)7-9-13/h6-9,11,16H,5,10H2,1-4H3,(H,17,18). The Morgan fingerprint density at radius 2 is 1.86 bits per heavy atom. The Hall–Kier alpha value is -1.60. The number of nitrogens with one attached hydrogen (secondary N) is 1. The van der Waals surface area contributed by atoms with Crippen LogP contribution in [-0.2, 0) is 14.8 Å². The van der Waals surface area contributed by atoms with E-state index in [0.717, 1.165) is 0 Å². The first-order valence-corrected chi connectivity index (χ1v) is 8.59. The molecule has 7 heteroatoms. The van der Waals surface area contributed by atoms with Gasteiger partial charge in [0.2, 0.25) is 10.0 Å². The molecule has 0 saturated heterocycles. The molecule has 1 unspecified atom stereocenters. The van der Waals surface area contributed by atoms with Gasteiger partial charge in [0.15, 0.2) is 0 Å².